The highest BCUT2D eigenvalue weighted by Gasteiger charge is 2.55. The molecule has 0 atom stereocenters. The molecule has 0 spiro atoms. The Bertz CT molecular complexity index is 828. The second-order valence-corrected chi connectivity index (χ2v) is 9.72. The number of hydrogen-bond acceptors (Lipinski definition) is 5. The maximum Gasteiger partial charge on any atom is 0.250 e. The van der Waals surface area contributed by atoms with Crippen molar-refractivity contribution >= 4 is 5.91 Å². The van der Waals surface area contributed by atoms with Gasteiger partial charge in [0.2, 0.25) is 11.8 Å². The molecule has 28 heavy (non-hydrogen) atoms. The van der Waals surface area contributed by atoms with Gasteiger partial charge in [0.1, 0.15) is 6.26 Å². The SMILES string of the molecule is O=C(N1CCC(c2nnc(-c3ccoc3)o2)CC1)C12CC3CC(CC(C3)C1)C2. The van der Waals surface area contributed by atoms with Gasteiger partial charge in [-0.2, -0.15) is 0 Å². The first-order valence-corrected chi connectivity index (χ1v) is 10.8. The molecule has 1 amide bonds. The van der Waals surface area contributed by atoms with E-state index in [0.29, 0.717) is 17.7 Å². The third-order valence-corrected chi connectivity index (χ3v) is 7.83. The Kier molecular flexibility index (Phi) is 3.72. The summed E-state index contributed by atoms with van der Waals surface area (Å²) in [7, 11) is 0. The lowest BCUT2D eigenvalue weighted by Gasteiger charge is -2.57. The maximum absolute atomic E-state index is 13.5. The van der Waals surface area contributed by atoms with Gasteiger partial charge in [-0.3, -0.25) is 4.79 Å². The van der Waals surface area contributed by atoms with Crippen molar-refractivity contribution < 1.29 is 13.6 Å². The summed E-state index contributed by atoms with van der Waals surface area (Å²) in [5.74, 6) is 4.34. The van der Waals surface area contributed by atoms with Crippen molar-refractivity contribution in [1.29, 1.82) is 0 Å². The summed E-state index contributed by atoms with van der Waals surface area (Å²) in [6.45, 7) is 1.63. The van der Waals surface area contributed by atoms with Gasteiger partial charge in [-0.1, -0.05) is 0 Å². The number of carbonyl (C=O) groups excluding carboxylic acids is 1. The third kappa shape index (κ3) is 2.64. The van der Waals surface area contributed by atoms with Crippen LogP contribution >= 0.6 is 0 Å². The van der Waals surface area contributed by atoms with E-state index in [1.165, 1.54) is 19.3 Å². The average Bonchev–Trinajstić information content (AvgIpc) is 3.38. The highest BCUT2D eigenvalue weighted by atomic mass is 16.4. The molecule has 2 aromatic heterocycles. The van der Waals surface area contributed by atoms with Crippen molar-refractivity contribution in [2.45, 2.75) is 57.3 Å². The summed E-state index contributed by atoms with van der Waals surface area (Å²) in [6.07, 6.45) is 12.6. The van der Waals surface area contributed by atoms with Crippen LogP contribution in [0.1, 0.15) is 63.2 Å². The number of rotatable bonds is 3. The molecule has 0 N–H and O–H groups in total. The number of amides is 1. The molecule has 1 saturated heterocycles. The van der Waals surface area contributed by atoms with Crippen molar-refractivity contribution in [3.63, 3.8) is 0 Å². The first-order chi connectivity index (χ1) is 13.7. The number of piperidine rings is 1. The van der Waals surface area contributed by atoms with Crippen LogP contribution in [-0.4, -0.2) is 34.1 Å². The molecule has 3 heterocycles. The molecule has 1 aliphatic heterocycles. The minimum Gasteiger partial charge on any atom is -0.472 e. The normalized spacial score (nSPS) is 34.9. The smallest absolute Gasteiger partial charge is 0.250 e. The second-order valence-electron chi connectivity index (χ2n) is 9.72. The fourth-order valence-corrected chi connectivity index (χ4v) is 6.94. The maximum atomic E-state index is 13.5. The molecule has 6 heteroatoms. The van der Waals surface area contributed by atoms with Gasteiger partial charge in [-0.25, -0.2) is 0 Å². The van der Waals surface area contributed by atoms with Gasteiger partial charge in [-0.15, -0.1) is 10.2 Å². The molecule has 0 aromatic carbocycles. The van der Waals surface area contributed by atoms with E-state index in [0.717, 1.165) is 68.5 Å². The first kappa shape index (κ1) is 16.8. The van der Waals surface area contributed by atoms with Crippen molar-refractivity contribution in [2.24, 2.45) is 23.2 Å². The van der Waals surface area contributed by atoms with E-state index in [9.17, 15) is 4.79 Å². The van der Waals surface area contributed by atoms with E-state index in [1.54, 1.807) is 12.5 Å². The molecular weight excluding hydrogens is 354 g/mol. The zero-order chi connectivity index (χ0) is 18.7. The van der Waals surface area contributed by atoms with E-state index in [4.69, 9.17) is 8.83 Å². The van der Waals surface area contributed by atoms with Crippen LogP contribution in [0.2, 0.25) is 0 Å². The first-order valence-electron chi connectivity index (χ1n) is 10.8. The molecule has 5 fully saturated rings. The summed E-state index contributed by atoms with van der Waals surface area (Å²) in [4.78, 5) is 15.7. The molecule has 7 rings (SSSR count). The summed E-state index contributed by atoms with van der Waals surface area (Å²) in [5, 5.41) is 8.42. The Morgan fingerprint density at radius 2 is 1.71 bits per heavy atom. The lowest BCUT2D eigenvalue weighted by Crippen LogP contribution is -2.55. The lowest BCUT2D eigenvalue weighted by atomic mass is 9.49. The number of likely N-dealkylation sites (tertiary alicyclic amines) is 1. The summed E-state index contributed by atoms with van der Waals surface area (Å²) in [5.41, 5.74) is 0.786. The molecular formula is C22H27N3O3. The van der Waals surface area contributed by atoms with Crippen LogP contribution in [0.4, 0.5) is 0 Å². The Hall–Kier alpha value is -2.11. The zero-order valence-corrected chi connectivity index (χ0v) is 16.2. The topological polar surface area (TPSA) is 72.4 Å². The summed E-state index contributed by atoms with van der Waals surface area (Å²) >= 11 is 0. The second kappa shape index (κ2) is 6.19. The number of furan rings is 1. The van der Waals surface area contributed by atoms with E-state index >= 15 is 0 Å². The van der Waals surface area contributed by atoms with E-state index in [2.05, 4.69) is 15.1 Å². The van der Waals surface area contributed by atoms with E-state index < -0.39 is 0 Å². The lowest BCUT2D eigenvalue weighted by molar-refractivity contribution is -0.158. The van der Waals surface area contributed by atoms with Crippen molar-refractivity contribution in [3.8, 4) is 11.5 Å². The Labute approximate surface area is 164 Å². The zero-order valence-electron chi connectivity index (χ0n) is 16.2. The van der Waals surface area contributed by atoms with Crippen LogP contribution in [0, 0.1) is 23.2 Å². The van der Waals surface area contributed by atoms with Crippen molar-refractivity contribution in [1.82, 2.24) is 15.1 Å². The van der Waals surface area contributed by atoms with E-state index in [1.807, 2.05) is 6.07 Å². The quantitative estimate of drug-likeness (QED) is 0.795. The Balaban J connectivity index is 1.13. The average molecular weight is 381 g/mol. The predicted molar refractivity (Wildman–Crippen MR) is 101 cm³/mol. The van der Waals surface area contributed by atoms with Crippen LogP contribution in [0.15, 0.2) is 27.4 Å². The number of aromatic nitrogens is 2. The molecule has 4 bridgehead atoms. The highest BCUT2D eigenvalue weighted by molar-refractivity contribution is 5.83. The van der Waals surface area contributed by atoms with Gasteiger partial charge < -0.3 is 13.7 Å². The molecule has 6 nitrogen and oxygen atoms in total. The van der Waals surface area contributed by atoms with Gasteiger partial charge in [0.15, 0.2) is 0 Å². The Morgan fingerprint density at radius 1 is 1.04 bits per heavy atom. The fraction of sp³-hybridized carbons (Fsp3) is 0.682. The molecule has 5 aliphatic rings. The fourth-order valence-electron chi connectivity index (χ4n) is 6.94. The molecule has 0 radical (unpaired) electrons. The Morgan fingerprint density at radius 3 is 2.32 bits per heavy atom. The largest absolute Gasteiger partial charge is 0.472 e. The minimum atomic E-state index is -0.0273. The highest BCUT2D eigenvalue weighted by Crippen LogP contribution is 2.60. The van der Waals surface area contributed by atoms with Crippen molar-refractivity contribution in [3.05, 3.63) is 24.5 Å². The summed E-state index contributed by atoms with van der Waals surface area (Å²) in [6, 6.07) is 1.82. The van der Waals surface area contributed by atoms with Gasteiger partial charge in [0, 0.05) is 19.0 Å². The van der Waals surface area contributed by atoms with Crippen LogP contribution in [0.5, 0.6) is 0 Å². The molecule has 148 valence electrons. The standard InChI is InChI=1S/C22H27N3O3/c26-21(22-10-14-7-15(11-22)9-16(8-14)12-22)25-4-1-17(2-5-25)19-23-24-20(28-19)18-3-6-27-13-18/h3,6,13-17H,1-2,4-5,7-12H2. The van der Waals surface area contributed by atoms with Gasteiger partial charge in [-0.05, 0) is 75.2 Å². The van der Waals surface area contributed by atoms with Gasteiger partial charge >= 0.3 is 0 Å². The van der Waals surface area contributed by atoms with Crippen LogP contribution < -0.4 is 0 Å². The van der Waals surface area contributed by atoms with E-state index in [-0.39, 0.29) is 11.3 Å². The number of hydrogen-bond donors (Lipinski definition) is 0. The number of nitrogens with zero attached hydrogens (tertiary/aromatic N) is 3. The van der Waals surface area contributed by atoms with Crippen LogP contribution in [0.25, 0.3) is 11.5 Å². The van der Waals surface area contributed by atoms with Crippen LogP contribution in [0.3, 0.4) is 0 Å². The van der Waals surface area contributed by atoms with Gasteiger partial charge in [0.25, 0.3) is 5.89 Å². The molecule has 2 aromatic rings. The predicted octanol–water partition coefficient (Wildman–Crippen LogP) is 4.25. The van der Waals surface area contributed by atoms with Crippen molar-refractivity contribution in [2.75, 3.05) is 13.1 Å². The molecule has 4 aliphatic carbocycles. The monoisotopic (exact) mass is 381 g/mol. The third-order valence-electron chi connectivity index (χ3n) is 7.83. The molecule has 0 unspecified atom stereocenters. The number of carbonyl (C=O) groups is 1. The van der Waals surface area contributed by atoms with Crippen LogP contribution in [-0.2, 0) is 4.79 Å². The minimum absolute atomic E-state index is 0.0273. The summed E-state index contributed by atoms with van der Waals surface area (Å²) < 4.78 is 11.0. The van der Waals surface area contributed by atoms with Gasteiger partial charge in [0.05, 0.1) is 17.2 Å². The molecule has 4 saturated carbocycles.